The largest absolute Gasteiger partial charge is 0.326 e. The van der Waals surface area contributed by atoms with E-state index >= 15 is 0 Å². The van der Waals surface area contributed by atoms with Crippen LogP contribution in [0.3, 0.4) is 0 Å². The Balaban J connectivity index is 2.62. The van der Waals surface area contributed by atoms with Gasteiger partial charge in [-0.3, -0.25) is 14.4 Å². The average molecular weight is 236 g/mol. The van der Waals surface area contributed by atoms with Gasteiger partial charge in [0.1, 0.15) is 0 Å². The van der Waals surface area contributed by atoms with E-state index in [0.29, 0.717) is 5.69 Å². The number of hydrogen-bond donors (Lipinski definition) is 1. The Morgan fingerprint density at radius 2 is 1.88 bits per heavy atom. The van der Waals surface area contributed by atoms with Gasteiger partial charge in [0.15, 0.2) is 0 Å². The van der Waals surface area contributed by atoms with Gasteiger partial charge in [-0.25, -0.2) is 5.06 Å². The fraction of sp³-hybridized carbons (Fsp3) is 0.333. The predicted octanol–water partition coefficient (Wildman–Crippen LogP) is 1.21. The van der Waals surface area contributed by atoms with Crippen molar-refractivity contribution in [1.82, 2.24) is 5.06 Å². The minimum atomic E-state index is -0.125. The number of rotatable bonds is 4. The van der Waals surface area contributed by atoms with E-state index in [4.69, 9.17) is 4.84 Å². The van der Waals surface area contributed by atoms with Crippen LogP contribution in [0.15, 0.2) is 24.3 Å². The summed E-state index contributed by atoms with van der Waals surface area (Å²) in [4.78, 5) is 27.1. The van der Waals surface area contributed by atoms with Gasteiger partial charge in [-0.05, 0) is 17.7 Å². The number of carbonyl (C=O) groups excluding carboxylic acids is 2. The van der Waals surface area contributed by atoms with Gasteiger partial charge in [-0.15, -0.1) is 0 Å². The van der Waals surface area contributed by atoms with Crippen molar-refractivity contribution in [2.45, 2.75) is 13.3 Å². The molecule has 5 nitrogen and oxygen atoms in total. The monoisotopic (exact) mass is 236 g/mol. The van der Waals surface area contributed by atoms with E-state index in [9.17, 15) is 9.59 Å². The van der Waals surface area contributed by atoms with Gasteiger partial charge >= 0.3 is 0 Å². The molecule has 0 atom stereocenters. The molecule has 5 heteroatoms. The molecule has 2 amide bonds. The van der Waals surface area contributed by atoms with Crippen LogP contribution in [0, 0.1) is 0 Å². The number of nitrogens with one attached hydrogen (secondary N) is 1. The Labute approximate surface area is 100 Å². The van der Waals surface area contributed by atoms with Crippen LogP contribution < -0.4 is 5.32 Å². The molecule has 92 valence electrons. The molecular weight excluding hydrogens is 220 g/mol. The number of hydroxylamine groups is 2. The maximum Gasteiger partial charge on any atom is 0.250 e. The molecule has 0 heterocycles. The van der Waals surface area contributed by atoms with Crippen molar-refractivity contribution < 1.29 is 14.4 Å². The topological polar surface area (TPSA) is 58.6 Å². The van der Waals surface area contributed by atoms with E-state index < -0.39 is 0 Å². The van der Waals surface area contributed by atoms with Gasteiger partial charge in [0.2, 0.25) is 11.8 Å². The predicted molar refractivity (Wildman–Crippen MR) is 64.2 cm³/mol. The van der Waals surface area contributed by atoms with Crippen molar-refractivity contribution in [1.29, 1.82) is 0 Å². The van der Waals surface area contributed by atoms with Crippen molar-refractivity contribution in [3.63, 3.8) is 0 Å². The van der Waals surface area contributed by atoms with E-state index in [2.05, 4.69) is 5.32 Å². The number of amides is 2. The molecule has 1 N–H and O–H groups in total. The number of carbonyl (C=O) groups is 2. The zero-order valence-corrected chi connectivity index (χ0v) is 10.2. The Hall–Kier alpha value is -1.88. The molecule has 0 aliphatic heterocycles. The molecule has 1 aromatic carbocycles. The Bertz CT molecular complexity index is 401. The van der Waals surface area contributed by atoms with E-state index in [1.807, 2.05) is 0 Å². The third-order valence-electron chi connectivity index (χ3n) is 2.25. The number of anilines is 1. The summed E-state index contributed by atoms with van der Waals surface area (Å²) in [5.41, 5.74) is 1.58. The summed E-state index contributed by atoms with van der Waals surface area (Å²) in [6.45, 7) is 1.45. The lowest BCUT2D eigenvalue weighted by Gasteiger charge is -2.13. The van der Waals surface area contributed by atoms with Gasteiger partial charge in [-0.2, -0.15) is 0 Å². The minimum Gasteiger partial charge on any atom is -0.326 e. The minimum absolute atomic E-state index is 0.118. The zero-order chi connectivity index (χ0) is 12.8. The molecule has 17 heavy (non-hydrogen) atoms. The van der Waals surface area contributed by atoms with E-state index in [1.54, 1.807) is 31.3 Å². The Kier molecular flexibility index (Phi) is 4.66. The third kappa shape index (κ3) is 4.24. The average Bonchev–Trinajstić information content (AvgIpc) is 2.30. The van der Waals surface area contributed by atoms with Crippen LogP contribution in [0.2, 0.25) is 0 Å². The smallest absolute Gasteiger partial charge is 0.250 e. The highest BCUT2D eigenvalue weighted by atomic mass is 16.7. The van der Waals surface area contributed by atoms with Crippen molar-refractivity contribution in [3.05, 3.63) is 29.8 Å². The fourth-order valence-electron chi connectivity index (χ4n) is 1.30. The second-order valence-electron chi connectivity index (χ2n) is 3.63. The standard InChI is InChI=1S/C12H16N2O3/c1-9(15)13-11-6-4-10(5-7-11)8-12(16)14(2)17-3/h4-7H,8H2,1-3H3,(H,13,15). The van der Waals surface area contributed by atoms with Crippen molar-refractivity contribution >= 4 is 17.5 Å². The summed E-state index contributed by atoms with van der Waals surface area (Å²) in [5, 5.41) is 3.84. The molecule has 0 aliphatic rings. The first-order valence-corrected chi connectivity index (χ1v) is 5.20. The van der Waals surface area contributed by atoms with Crippen molar-refractivity contribution in [3.8, 4) is 0 Å². The van der Waals surface area contributed by atoms with Crippen molar-refractivity contribution in [2.24, 2.45) is 0 Å². The maximum absolute atomic E-state index is 11.5. The highest BCUT2D eigenvalue weighted by Gasteiger charge is 2.08. The number of likely N-dealkylation sites (N-methyl/N-ethyl adjacent to an activating group) is 1. The van der Waals surface area contributed by atoms with E-state index in [0.717, 1.165) is 5.56 Å². The first kappa shape index (κ1) is 13.2. The second-order valence-corrected chi connectivity index (χ2v) is 3.63. The molecule has 0 aliphatic carbocycles. The van der Waals surface area contributed by atoms with Gasteiger partial charge in [0, 0.05) is 19.7 Å². The summed E-state index contributed by atoms with van der Waals surface area (Å²) in [5.74, 6) is -0.243. The van der Waals surface area contributed by atoms with Crippen LogP contribution >= 0.6 is 0 Å². The normalized spacial score (nSPS) is 9.82. The fourth-order valence-corrected chi connectivity index (χ4v) is 1.30. The zero-order valence-electron chi connectivity index (χ0n) is 10.2. The SMILES string of the molecule is CON(C)C(=O)Cc1ccc(NC(C)=O)cc1. The molecule has 1 aromatic rings. The van der Waals surface area contributed by atoms with Gasteiger partial charge in [0.05, 0.1) is 13.5 Å². The lowest BCUT2D eigenvalue weighted by Crippen LogP contribution is -2.26. The van der Waals surface area contributed by atoms with E-state index in [1.165, 1.54) is 19.1 Å². The van der Waals surface area contributed by atoms with Gasteiger partial charge < -0.3 is 5.32 Å². The molecule has 0 saturated carbocycles. The van der Waals surface area contributed by atoms with Crippen LogP contribution in [-0.2, 0) is 20.8 Å². The summed E-state index contributed by atoms with van der Waals surface area (Å²) < 4.78 is 0. The van der Waals surface area contributed by atoms with Crippen LogP contribution in [0.5, 0.6) is 0 Å². The molecule has 0 fully saturated rings. The molecule has 0 bridgehead atoms. The summed E-state index contributed by atoms with van der Waals surface area (Å²) >= 11 is 0. The summed E-state index contributed by atoms with van der Waals surface area (Å²) in [7, 11) is 3.01. The van der Waals surface area contributed by atoms with E-state index in [-0.39, 0.29) is 18.2 Å². The van der Waals surface area contributed by atoms with Gasteiger partial charge in [0.25, 0.3) is 0 Å². The molecule has 0 spiro atoms. The highest BCUT2D eigenvalue weighted by molar-refractivity contribution is 5.88. The summed E-state index contributed by atoms with van der Waals surface area (Å²) in [6, 6.07) is 7.12. The first-order valence-electron chi connectivity index (χ1n) is 5.20. The number of nitrogens with zero attached hydrogens (tertiary/aromatic N) is 1. The van der Waals surface area contributed by atoms with Gasteiger partial charge in [-0.1, -0.05) is 12.1 Å². The maximum atomic E-state index is 11.5. The molecular formula is C12H16N2O3. The number of benzene rings is 1. The molecule has 0 aromatic heterocycles. The second kappa shape index (κ2) is 6.00. The molecule has 0 radical (unpaired) electrons. The quantitative estimate of drug-likeness (QED) is 0.799. The number of hydrogen-bond acceptors (Lipinski definition) is 3. The van der Waals surface area contributed by atoms with Crippen LogP contribution in [-0.4, -0.2) is 31.0 Å². The van der Waals surface area contributed by atoms with Crippen LogP contribution in [0.1, 0.15) is 12.5 Å². The van der Waals surface area contributed by atoms with Crippen LogP contribution in [0.25, 0.3) is 0 Å². The highest BCUT2D eigenvalue weighted by Crippen LogP contribution is 2.10. The first-order chi connectivity index (χ1) is 8.02. The molecule has 0 unspecified atom stereocenters. The lowest BCUT2D eigenvalue weighted by atomic mass is 10.1. The summed E-state index contributed by atoms with van der Waals surface area (Å²) in [6.07, 6.45) is 0.269. The lowest BCUT2D eigenvalue weighted by molar-refractivity contribution is -0.167. The van der Waals surface area contributed by atoms with Crippen molar-refractivity contribution in [2.75, 3.05) is 19.5 Å². The third-order valence-corrected chi connectivity index (χ3v) is 2.25. The molecule has 1 rings (SSSR count). The Morgan fingerprint density at radius 3 is 2.35 bits per heavy atom. The molecule has 0 saturated heterocycles. The van der Waals surface area contributed by atoms with Crippen LogP contribution in [0.4, 0.5) is 5.69 Å². The Morgan fingerprint density at radius 1 is 1.29 bits per heavy atom.